The smallest absolute Gasteiger partial charge is 0.335 e. The molecule has 0 fully saturated rings. The summed E-state index contributed by atoms with van der Waals surface area (Å²) in [4.78, 5) is 42.0. The molecule has 0 aliphatic carbocycles. The van der Waals surface area contributed by atoms with Crippen LogP contribution in [0, 0.1) is 0 Å². The van der Waals surface area contributed by atoms with Crippen molar-refractivity contribution in [3.05, 3.63) is 74.7 Å². The third-order valence-electron chi connectivity index (χ3n) is 3.28. The Bertz CT molecular complexity index is 973. The molecular formula is C15H11N3O4. The van der Waals surface area contributed by atoms with E-state index in [1.54, 1.807) is 24.4 Å². The van der Waals surface area contributed by atoms with Gasteiger partial charge in [-0.2, -0.15) is 0 Å². The summed E-state index contributed by atoms with van der Waals surface area (Å²) in [5.41, 5.74) is -0.305. The number of hydrogen-bond donors (Lipinski definition) is 2. The summed E-state index contributed by atoms with van der Waals surface area (Å²) in [6, 6.07) is 9.21. The zero-order valence-electron chi connectivity index (χ0n) is 11.3. The van der Waals surface area contributed by atoms with Gasteiger partial charge in [0.05, 0.1) is 28.7 Å². The Hall–Kier alpha value is -3.22. The van der Waals surface area contributed by atoms with Crippen molar-refractivity contribution >= 4 is 16.9 Å². The van der Waals surface area contributed by atoms with Gasteiger partial charge in [0, 0.05) is 6.20 Å². The molecule has 110 valence electrons. The number of nitrogens with one attached hydrogen (secondary N) is 1. The first-order valence-corrected chi connectivity index (χ1v) is 6.46. The molecule has 3 rings (SSSR count). The molecule has 0 saturated heterocycles. The normalized spacial score (nSPS) is 10.7. The molecule has 7 heteroatoms. The maximum atomic E-state index is 12.4. The van der Waals surface area contributed by atoms with Crippen molar-refractivity contribution in [3.8, 4) is 0 Å². The summed E-state index contributed by atoms with van der Waals surface area (Å²) in [5.74, 6) is -1.12. The average molecular weight is 297 g/mol. The van der Waals surface area contributed by atoms with Crippen molar-refractivity contribution in [2.24, 2.45) is 0 Å². The molecule has 7 nitrogen and oxygen atoms in total. The van der Waals surface area contributed by atoms with Crippen molar-refractivity contribution in [1.29, 1.82) is 0 Å². The van der Waals surface area contributed by atoms with Crippen LogP contribution in [0.3, 0.4) is 0 Å². The second-order valence-electron chi connectivity index (χ2n) is 4.71. The molecule has 1 aromatic carbocycles. The second kappa shape index (κ2) is 5.28. The van der Waals surface area contributed by atoms with E-state index in [1.807, 2.05) is 0 Å². The van der Waals surface area contributed by atoms with E-state index in [1.165, 1.54) is 18.2 Å². The second-order valence-corrected chi connectivity index (χ2v) is 4.71. The average Bonchev–Trinajstić information content (AvgIpc) is 2.52. The maximum Gasteiger partial charge on any atom is 0.335 e. The van der Waals surface area contributed by atoms with Crippen LogP contribution in [0.15, 0.2) is 52.2 Å². The lowest BCUT2D eigenvalue weighted by Crippen LogP contribution is -2.35. The van der Waals surface area contributed by atoms with Crippen LogP contribution < -0.4 is 11.2 Å². The first-order chi connectivity index (χ1) is 10.6. The predicted octanol–water partition coefficient (Wildman–Crippen LogP) is 0.831. The van der Waals surface area contributed by atoms with Crippen molar-refractivity contribution in [1.82, 2.24) is 14.5 Å². The molecule has 0 atom stereocenters. The molecule has 0 spiro atoms. The number of aromatic amines is 1. The molecule has 0 amide bonds. The van der Waals surface area contributed by atoms with Crippen LogP contribution in [-0.4, -0.2) is 25.6 Å². The highest BCUT2D eigenvalue weighted by atomic mass is 16.4. The van der Waals surface area contributed by atoms with E-state index in [9.17, 15) is 14.4 Å². The number of nitrogens with zero attached hydrogens (tertiary/aromatic N) is 2. The first-order valence-electron chi connectivity index (χ1n) is 6.46. The summed E-state index contributed by atoms with van der Waals surface area (Å²) in [5, 5.41) is 9.20. The van der Waals surface area contributed by atoms with Crippen molar-refractivity contribution < 1.29 is 9.90 Å². The van der Waals surface area contributed by atoms with Crippen molar-refractivity contribution in [2.45, 2.75) is 6.54 Å². The fourth-order valence-corrected chi connectivity index (χ4v) is 2.18. The van der Waals surface area contributed by atoms with Gasteiger partial charge in [-0.25, -0.2) is 9.59 Å². The zero-order valence-corrected chi connectivity index (χ0v) is 11.3. The summed E-state index contributed by atoms with van der Waals surface area (Å²) in [6.07, 6.45) is 1.58. The molecule has 2 heterocycles. The third kappa shape index (κ3) is 2.39. The fourth-order valence-electron chi connectivity index (χ4n) is 2.18. The Labute approximate surface area is 123 Å². The number of rotatable bonds is 3. The summed E-state index contributed by atoms with van der Waals surface area (Å²) in [7, 11) is 0. The van der Waals surface area contributed by atoms with Gasteiger partial charge in [0.1, 0.15) is 0 Å². The lowest BCUT2D eigenvalue weighted by atomic mass is 10.1. The Kier molecular flexibility index (Phi) is 3.30. The van der Waals surface area contributed by atoms with Gasteiger partial charge in [0.2, 0.25) is 0 Å². The maximum absolute atomic E-state index is 12.4. The molecule has 2 N–H and O–H groups in total. The minimum atomic E-state index is -1.12. The SMILES string of the molecule is O=C(O)c1ccc2c(=O)n(Cc3ccccn3)c(=O)[nH]c2c1. The number of aromatic nitrogens is 3. The van der Waals surface area contributed by atoms with Gasteiger partial charge in [-0.05, 0) is 30.3 Å². The largest absolute Gasteiger partial charge is 0.478 e. The molecule has 3 aromatic rings. The van der Waals surface area contributed by atoms with E-state index >= 15 is 0 Å². The van der Waals surface area contributed by atoms with Gasteiger partial charge in [-0.1, -0.05) is 6.07 Å². The highest BCUT2D eigenvalue weighted by Gasteiger charge is 2.11. The van der Waals surface area contributed by atoms with E-state index in [0.717, 1.165) is 4.57 Å². The molecule has 0 aliphatic rings. The topological polar surface area (TPSA) is 105 Å². The van der Waals surface area contributed by atoms with Crippen molar-refractivity contribution in [2.75, 3.05) is 0 Å². The summed E-state index contributed by atoms with van der Waals surface area (Å²) in [6.45, 7) is 0.0473. The number of carboxylic acids is 1. The number of pyridine rings is 1. The summed E-state index contributed by atoms with van der Waals surface area (Å²) >= 11 is 0. The standard InChI is InChI=1S/C15H11N3O4/c19-13-11-5-4-9(14(20)21)7-12(11)17-15(22)18(13)8-10-3-1-2-6-16-10/h1-7H,8H2,(H,17,22)(H,20,21). The lowest BCUT2D eigenvalue weighted by Gasteiger charge is -2.06. The van der Waals surface area contributed by atoms with Gasteiger partial charge in [0.15, 0.2) is 0 Å². The van der Waals surface area contributed by atoms with Crippen LogP contribution in [0.4, 0.5) is 0 Å². The molecular weight excluding hydrogens is 286 g/mol. The number of benzene rings is 1. The summed E-state index contributed by atoms with van der Waals surface area (Å²) < 4.78 is 1.03. The first kappa shape index (κ1) is 13.7. The highest BCUT2D eigenvalue weighted by molar-refractivity contribution is 5.92. The number of aromatic carboxylic acids is 1. The van der Waals surface area contributed by atoms with Crippen LogP contribution in [0.2, 0.25) is 0 Å². The molecule has 0 bridgehead atoms. The Morgan fingerprint density at radius 1 is 1.23 bits per heavy atom. The van der Waals surface area contributed by atoms with Gasteiger partial charge in [0.25, 0.3) is 5.56 Å². The fraction of sp³-hybridized carbons (Fsp3) is 0.0667. The van der Waals surface area contributed by atoms with Gasteiger partial charge < -0.3 is 10.1 Å². The minimum absolute atomic E-state index is 0.00465. The van der Waals surface area contributed by atoms with E-state index in [0.29, 0.717) is 5.69 Å². The third-order valence-corrected chi connectivity index (χ3v) is 3.28. The molecule has 0 unspecified atom stereocenters. The number of hydrogen-bond acceptors (Lipinski definition) is 4. The van der Waals surface area contributed by atoms with Crippen LogP contribution >= 0.6 is 0 Å². The predicted molar refractivity (Wildman–Crippen MR) is 79.1 cm³/mol. The van der Waals surface area contributed by atoms with E-state index in [2.05, 4.69) is 9.97 Å². The lowest BCUT2D eigenvalue weighted by molar-refractivity contribution is 0.0697. The van der Waals surface area contributed by atoms with E-state index in [4.69, 9.17) is 5.11 Å². The number of fused-ring (bicyclic) bond motifs is 1. The van der Waals surface area contributed by atoms with Crippen LogP contribution in [0.5, 0.6) is 0 Å². The van der Waals surface area contributed by atoms with Crippen LogP contribution in [0.25, 0.3) is 10.9 Å². The number of carbonyl (C=O) groups is 1. The molecule has 22 heavy (non-hydrogen) atoms. The molecule has 0 radical (unpaired) electrons. The van der Waals surface area contributed by atoms with Crippen LogP contribution in [-0.2, 0) is 6.54 Å². The molecule has 2 aromatic heterocycles. The Morgan fingerprint density at radius 2 is 2.05 bits per heavy atom. The number of H-pyrrole nitrogens is 1. The zero-order chi connectivity index (χ0) is 15.7. The van der Waals surface area contributed by atoms with E-state index < -0.39 is 17.2 Å². The van der Waals surface area contributed by atoms with E-state index in [-0.39, 0.29) is 23.0 Å². The van der Waals surface area contributed by atoms with Gasteiger partial charge in [-0.3, -0.25) is 14.3 Å². The molecule has 0 aliphatic heterocycles. The number of carboxylic acid groups (broad SMARTS) is 1. The minimum Gasteiger partial charge on any atom is -0.478 e. The Morgan fingerprint density at radius 3 is 2.73 bits per heavy atom. The Balaban J connectivity index is 2.17. The molecule has 0 saturated carbocycles. The quantitative estimate of drug-likeness (QED) is 0.745. The van der Waals surface area contributed by atoms with Crippen molar-refractivity contribution in [3.63, 3.8) is 0 Å². The van der Waals surface area contributed by atoms with Gasteiger partial charge in [-0.15, -0.1) is 0 Å². The monoisotopic (exact) mass is 297 g/mol. The van der Waals surface area contributed by atoms with Gasteiger partial charge >= 0.3 is 11.7 Å². The highest BCUT2D eigenvalue weighted by Crippen LogP contribution is 2.09. The van der Waals surface area contributed by atoms with Crippen LogP contribution in [0.1, 0.15) is 16.1 Å².